The van der Waals surface area contributed by atoms with Crippen LogP contribution in [0.1, 0.15) is 0 Å². The van der Waals surface area contributed by atoms with E-state index in [-0.39, 0.29) is 12.0 Å². The van der Waals surface area contributed by atoms with Crippen molar-refractivity contribution in [2.45, 2.75) is 11.1 Å². The Morgan fingerprint density at radius 3 is 2.90 bits per heavy atom. The molecule has 1 atom stereocenters. The van der Waals surface area contributed by atoms with Crippen molar-refractivity contribution in [1.82, 2.24) is 19.9 Å². The van der Waals surface area contributed by atoms with Crippen LogP contribution in [-0.2, 0) is 9.53 Å². The van der Waals surface area contributed by atoms with Gasteiger partial charge in [0, 0.05) is 18.8 Å². The van der Waals surface area contributed by atoms with Gasteiger partial charge in [-0.25, -0.2) is 9.97 Å². The number of rotatable bonds is 6. The topological polar surface area (TPSA) is 77.4 Å². The van der Waals surface area contributed by atoms with Crippen molar-refractivity contribution >= 4 is 40.3 Å². The molecule has 1 aromatic carbocycles. The molecule has 1 fully saturated rings. The van der Waals surface area contributed by atoms with Gasteiger partial charge in [-0.2, -0.15) is 0 Å². The van der Waals surface area contributed by atoms with E-state index in [1.807, 2.05) is 24.3 Å². The summed E-state index contributed by atoms with van der Waals surface area (Å²) in [5.41, 5.74) is 1.67. The van der Waals surface area contributed by atoms with Gasteiger partial charge in [0.1, 0.15) is 17.7 Å². The minimum atomic E-state index is -0.198. The maximum absolute atomic E-state index is 12.6. The standard InChI is InChI=1S/C20H19ClN4O3S/c21-14-5-6-18(23-9-14)28-12-15-11-25(7-8-27-15)20(26)13-29-19-10-22-16-3-1-2-4-17(16)24-19/h1-6,9-10,15H,7-8,11-13H2. The average molecular weight is 431 g/mol. The highest BCUT2D eigenvalue weighted by Gasteiger charge is 2.25. The number of morpholine rings is 1. The first-order valence-electron chi connectivity index (χ1n) is 9.16. The van der Waals surface area contributed by atoms with Gasteiger partial charge in [-0.3, -0.25) is 9.78 Å². The SMILES string of the molecule is O=C(CSc1cnc2ccccc2n1)N1CCOC(COc2ccc(Cl)cn2)C1. The summed E-state index contributed by atoms with van der Waals surface area (Å²) < 4.78 is 11.4. The fraction of sp³-hybridized carbons (Fsp3) is 0.300. The number of pyridine rings is 1. The molecule has 0 saturated carbocycles. The number of hydrogen-bond donors (Lipinski definition) is 0. The number of ether oxygens (including phenoxy) is 2. The molecule has 0 bridgehead atoms. The predicted molar refractivity (Wildman–Crippen MR) is 111 cm³/mol. The van der Waals surface area contributed by atoms with E-state index in [9.17, 15) is 4.79 Å². The molecule has 1 amide bonds. The Balaban J connectivity index is 1.28. The van der Waals surface area contributed by atoms with E-state index in [4.69, 9.17) is 21.1 Å². The summed E-state index contributed by atoms with van der Waals surface area (Å²) in [5.74, 6) is 0.828. The van der Waals surface area contributed by atoms with Crippen LogP contribution in [0, 0.1) is 0 Å². The Morgan fingerprint density at radius 1 is 1.21 bits per heavy atom. The fourth-order valence-corrected chi connectivity index (χ4v) is 3.77. The van der Waals surface area contributed by atoms with Crippen LogP contribution in [0.3, 0.4) is 0 Å². The van der Waals surface area contributed by atoms with E-state index >= 15 is 0 Å². The van der Waals surface area contributed by atoms with Gasteiger partial charge in [0.15, 0.2) is 0 Å². The molecule has 4 rings (SSSR count). The van der Waals surface area contributed by atoms with Gasteiger partial charge in [0.05, 0.1) is 41.2 Å². The van der Waals surface area contributed by atoms with Gasteiger partial charge in [-0.1, -0.05) is 35.5 Å². The molecule has 3 heterocycles. The predicted octanol–water partition coefficient (Wildman–Crippen LogP) is 3.08. The summed E-state index contributed by atoms with van der Waals surface area (Å²) >= 11 is 7.21. The Labute approximate surface area is 177 Å². The van der Waals surface area contributed by atoms with Crippen LogP contribution in [0.5, 0.6) is 5.88 Å². The molecule has 150 valence electrons. The third-order valence-electron chi connectivity index (χ3n) is 4.38. The van der Waals surface area contributed by atoms with Crippen molar-refractivity contribution in [2.24, 2.45) is 0 Å². The van der Waals surface area contributed by atoms with E-state index in [1.54, 1.807) is 23.2 Å². The van der Waals surface area contributed by atoms with Crippen LogP contribution in [0.4, 0.5) is 0 Å². The lowest BCUT2D eigenvalue weighted by atomic mass is 10.3. The quantitative estimate of drug-likeness (QED) is 0.556. The Kier molecular flexibility index (Phi) is 6.43. The van der Waals surface area contributed by atoms with Crippen LogP contribution >= 0.6 is 23.4 Å². The molecule has 0 aliphatic carbocycles. The number of hydrogen-bond acceptors (Lipinski definition) is 7. The number of para-hydroxylation sites is 2. The highest BCUT2D eigenvalue weighted by atomic mass is 35.5. The van der Waals surface area contributed by atoms with Crippen LogP contribution < -0.4 is 4.74 Å². The van der Waals surface area contributed by atoms with Crippen LogP contribution in [-0.4, -0.2) is 63.9 Å². The van der Waals surface area contributed by atoms with E-state index < -0.39 is 0 Å². The Bertz CT molecular complexity index is 989. The summed E-state index contributed by atoms with van der Waals surface area (Å²) in [4.78, 5) is 27.4. The summed E-state index contributed by atoms with van der Waals surface area (Å²) in [6.45, 7) is 1.85. The number of nitrogens with zero attached hydrogens (tertiary/aromatic N) is 4. The lowest BCUT2D eigenvalue weighted by molar-refractivity contribution is -0.137. The zero-order chi connectivity index (χ0) is 20.1. The minimum absolute atomic E-state index is 0.0443. The molecule has 2 aromatic heterocycles. The fourth-order valence-electron chi connectivity index (χ4n) is 2.91. The third-order valence-corrected chi connectivity index (χ3v) is 5.49. The second-order valence-corrected chi connectivity index (χ2v) is 7.88. The number of carbonyl (C=O) groups excluding carboxylic acids is 1. The van der Waals surface area contributed by atoms with Gasteiger partial charge >= 0.3 is 0 Å². The summed E-state index contributed by atoms with van der Waals surface area (Å²) in [7, 11) is 0. The Hall–Kier alpha value is -2.42. The molecule has 0 radical (unpaired) electrons. The maximum atomic E-state index is 12.6. The van der Waals surface area contributed by atoms with E-state index in [0.717, 1.165) is 16.1 Å². The summed E-state index contributed by atoms with van der Waals surface area (Å²) in [6, 6.07) is 11.1. The number of fused-ring (bicyclic) bond motifs is 1. The molecular formula is C20H19ClN4O3S. The second-order valence-electron chi connectivity index (χ2n) is 6.44. The molecule has 0 spiro atoms. The van der Waals surface area contributed by atoms with E-state index in [0.29, 0.717) is 43.0 Å². The molecule has 1 aliphatic rings. The second kappa shape index (κ2) is 9.39. The third kappa shape index (κ3) is 5.35. The normalized spacial score (nSPS) is 16.7. The number of carbonyl (C=O) groups is 1. The van der Waals surface area contributed by atoms with Crippen molar-refractivity contribution in [1.29, 1.82) is 0 Å². The van der Waals surface area contributed by atoms with Crippen molar-refractivity contribution in [3.63, 3.8) is 0 Å². The van der Waals surface area contributed by atoms with Crippen molar-refractivity contribution < 1.29 is 14.3 Å². The Morgan fingerprint density at radius 2 is 2.07 bits per heavy atom. The zero-order valence-electron chi connectivity index (χ0n) is 15.5. The maximum Gasteiger partial charge on any atom is 0.233 e. The van der Waals surface area contributed by atoms with E-state index in [2.05, 4.69) is 15.0 Å². The first-order valence-corrected chi connectivity index (χ1v) is 10.5. The largest absolute Gasteiger partial charge is 0.475 e. The smallest absolute Gasteiger partial charge is 0.233 e. The first kappa shape index (κ1) is 19.9. The van der Waals surface area contributed by atoms with Crippen LogP contribution in [0.15, 0.2) is 53.8 Å². The van der Waals surface area contributed by atoms with Crippen molar-refractivity contribution in [3.05, 3.63) is 53.8 Å². The molecular weight excluding hydrogens is 412 g/mol. The summed E-state index contributed by atoms with van der Waals surface area (Å²) in [5, 5.41) is 1.29. The molecule has 1 unspecified atom stereocenters. The van der Waals surface area contributed by atoms with Gasteiger partial charge < -0.3 is 14.4 Å². The minimum Gasteiger partial charge on any atom is -0.475 e. The lowest BCUT2D eigenvalue weighted by Gasteiger charge is -2.32. The number of halogens is 1. The molecule has 1 saturated heterocycles. The van der Waals surface area contributed by atoms with Gasteiger partial charge in [0.25, 0.3) is 0 Å². The zero-order valence-corrected chi connectivity index (χ0v) is 17.1. The van der Waals surface area contributed by atoms with Crippen molar-refractivity contribution in [2.75, 3.05) is 32.1 Å². The van der Waals surface area contributed by atoms with E-state index in [1.165, 1.54) is 18.0 Å². The number of thioether (sulfide) groups is 1. The van der Waals surface area contributed by atoms with Crippen molar-refractivity contribution in [3.8, 4) is 5.88 Å². The monoisotopic (exact) mass is 430 g/mol. The molecule has 3 aromatic rings. The van der Waals surface area contributed by atoms with Gasteiger partial charge in [-0.05, 0) is 18.2 Å². The average Bonchev–Trinajstić information content (AvgIpc) is 2.77. The molecule has 0 N–H and O–H groups in total. The first-order chi connectivity index (χ1) is 14.2. The highest BCUT2D eigenvalue weighted by Crippen LogP contribution is 2.19. The van der Waals surface area contributed by atoms with Gasteiger partial charge in [-0.15, -0.1) is 0 Å². The molecule has 29 heavy (non-hydrogen) atoms. The van der Waals surface area contributed by atoms with Crippen LogP contribution in [0.25, 0.3) is 11.0 Å². The number of aromatic nitrogens is 3. The molecule has 7 nitrogen and oxygen atoms in total. The lowest BCUT2D eigenvalue weighted by Crippen LogP contribution is -2.48. The highest BCUT2D eigenvalue weighted by molar-refractivity contribution is 7.99. The summed E-state index contributed by atoms with van der Waals surface area (Å²) in [6.07, 6.45) is 3.03. The number of benzene rings is 1. The number of amides is 1. The van der Waals surface area contributed by atoms with Gasteiger partial charge in [0.2, 0.25) is 11.8 Å². The molecule has 9 heteroatoms. The molecule has 1 aliphatic heterocycles. The van der Waals surface area contributed by atoms with Crippen LogP contribution in [0.2, 0.25) is 5.02 Å².